The Morgan fingerprint density at radius 1 is 1.29 bits per heavy atom. The quantitative estimate of drug-likeness (QED) is 0.586. The number of guanidine groups is 1. The van der Waals surface area contributed by atoms with E-state index in [0.717, 1.165) is 18.5 Å². The molecule has 4 N–H and O–H groups in total. The summed E-state index contributed by atoms with van der Waals surface area (Å²) in [5.41, 5.74) is 9.28. The maximum Gasteiger partial charge on any atom is 0.242 e. The molecule has 1 aliphatic carbocycles. The Kier molecular flexibility index (Phi) is 4.50. The predicted octanol–water partition coefficient (Wildman–Crippen LogP) is 1.82. The lowest BCUT2D eigenvalue weighted by atomic mass is 10.1. The summed E-state index contributed by atoms with van der Waals surface area (Å²) in [6.45, 7) is 5.82. The number of anilines is 1. The van der Waals surface area contributed by atoms with Crippen molar-refractivity contribution >= 4 is 17.6 Å². The van der Waals surface area contributed by atoms with Crippen molar-refractivity contribution in [3.8, 4) is 0 Å². The molecule has 114 valence electrons. The zero-order valence-corrected chi connectivity index (χ0v) is 13.0. The number of rotatable bonds is 3. The van der Waals surface area contributed by atoms with Gasteiger partial charge in [-0.05, 0) is 63.3 Å². The highest BCUT2D eigenvalue weighted by Gasteiger charge is 2.13. The molecule has 0 radical (unpaired) electrons. The van der Waals surface area contributed by atoms with E-state index in [9.17, 15) is 4.79 Å². The number of nitrogens with zero attached hydrogens (tertiary/aromatic N) is 1. The number of benzene rings is 1. The standard InChI is InChI=1S/C16H24N4O/c1-16(2,3)20-14(21)10-18-15(17)19-13-8-7-11-5-4-6-12(11)9-13/h7-9H,4-6,10H2,1-3H3,(H,20,21)(H3,17,18,19). The Balaban J connectivity index is 1.90. The van der Waals surface area contributed by atoms with Gasteiger partial charge in [0, 0.05) is 11.2 Å². The van der Waals surface area contributed by atoms with E-state index in [1.54, 1.807) is 0 Å². The van der Waals surface area contributed by atoms with Crippen LogP contribution < -0.4 is 16.4 Å². The van der Waals surface area contributed by atoms with Crippen molar-refractivity contribution in [1.29, 1.82) is 0 Å². The molecule has 5 heteroatoms. The number of hydrogen-bond acceptors (Lipinski definition) is 2. The molecule has 1 aromatic rings. The van der Waals surface area contributed by atoms with E-state index < -0.39 is 0 Å². The van der Waals surface area contributed by atoms with Gasteiger partial charge in [0.1, 0.15) is 6.54 Å². The van der Waals surface area contributed by atoms with E-state index in [2.05, 4.69) is 27.8 Å². The van der Waals surface area contributed by atoms with Gasteiger partial charge >= 0.3 is 0 Å². The van der Waals surface area contributed by atoms with Gasteiger partial charge in [-0.3, -0.25) is 4.79 Å². The lowest BCUT2D eigenvalue weighted by Crippen LogP contribution is -2.42. The van der Waals surface area contributed by atoms with Gasteiger partial charge in [0.2, 0.25) is 5.91 Å². The third-order valence-electron chi connectivity index (χ3n) is 3.28. The lowest BCUT2D eigenvalue weighted by Gasteiger charge is -2.19. The molecule has 21 heavy (non-hydrogen) atoms. The van der Waals surface area contributed by atoms with Crippen LogP contribution in [0, 0.1) is 0 Å². The molecule has 0 heterocycles. The first-order valence-electron chi connectivity index (χ1n) is 7.33. The van der Waals surface area contributed by atoms with Crippen LogP contribution in [0.15, 0.2) is 23.2 Å². The van der Waals surface area contributed by atoms with Crippen molar-refractivity contribution in [2.24, 2.45) is 10.7 Å². The van der Waals surface area contributed by atoms with Gasteiger partial charge in [-0.15, -0.1) is 0 Å². The van der Waals surface area contributed by atoms with Crippen LogP contribution in [0.1, 0.15) is 38.3 Å². The molecule has 0 spiro atoms. The third-order valence-corrected chi connectivity index (χ3v) is 3.28. The first-order chi connectivity index (χ1) is 9.83. The molecule has 0 saturated carbocycles. The van der Waals surface area contributed by atoms with Gasteiger partial charge in [0.05, 0.1) is 0 Å². The van der Waals surface area contributed by atoms with Gasteiger partial charge in [-0.25, -0.2) is 4.99 Å². The molecule has 0 aromatic heterocycles. The SMILES string of the molecule is CC(C)(C)NC(=O)CN=C(N)Nc1ccc2c(c1)CCC2. The summed E-state index contributed by atoms with van der Waals surface area (Å²) in [5, 5.41) is 5.88. The maximum atomic E-state index is 11.7. The minimum Gasteiger partial charge on any atom is -0.370 e. The van der Waals surface area contributed by atoms with Crippen molar-refractivity contribution in [1.82, 2.24) is 5.32 Å². The molecule has 1 aromatic carbocycles. The Morgan fingerprint density at radius 2 is 2.00 bits per heavy atom. The fourth-order valence-corrected chi connectivity index (χ4v) is 2.45. The summed E-state index contributed by atoms with van der Waals surface area (Å²) >= 11 is 0. The Labute approximate surface area is 126 Å². The topological polar surface area (TPSA) is 79.5 Å². The van der Waals surface area contributed by atoms with Crippen molar-refractivity contribution < 1.29 is 4.79 Å². The highest BCUT2D eigenvalue weighted by Crippen LogP contribution is 2.24. The molecule has 0 unspecified atom stereocenters. The zero-order chi connectivity index (χ0) is 15.5. The minimum atomic E-state index is -0.255. The number of fused-ring (bicyclic) bond motifs is 1. The van der Waals surface area contributed by atoms with Gasteiger partial charge < -0.3 is 16.4 Å². The van der Waals surface area contributed by atoms with E-state index in [-0.39, 0.29) is 24.0 Å². The van der Waals surface area contributed by atoms with Crippen molar-refractivity contribution in [2.75, 3.05) is 11.9 Å². The van der Waals surface area contributed by atoms with E-state index >= 15 is 0 Å². The summed E-state index contributed by atoms with van der Waals surface area (Å²) in [7, 11) is 0. The number of aryl methyl sites for hydroxylation is 2. The smallest absolute Gasteiger partial charge is 0.242 e. The molecular formula is C16H24N4O. The summed E-state index contributed by atoms with van der Waals surface area (Å²) in [6, 6.07) is 6.24. The molecule has 0 fully saturated rings. The zero-order valence-electron chi connectivity index (χ0n) is 13.0. The number of carbonyl (C=O) groups excluding carboxylic acids is 1. The van der Waals surface area contributed by atoms with Gasteiger partial charge in [0.15, 0.2) is 5.96 Å². The molecular weight excluding hydrogens is 264 g/mol. The van der Waals surface area contributed by atoms with Crippen molar-refractivity contribution in [2.45, 2.75) is 45.6 Å². The predicted molar refractivity (Wildman–Crippen MR) is 86.5 cm³/mol. The Bertz CT molecular complexity index is 558. The van der Waals surface area contributed by atoms with Crippen LogP contribution in [-0.2, 0) is 17.6 Å². The second-order valence-corrected chi connectivity index (χ2v) is 6.46. The third kappa shape index (κ3) is 4.77. The van der Waals surface area contributed by atoms with Crippen LogP contribution >= 0.6 is 0 Å². The summed E-state index contributed by atoms with van der Waals surface area (Å²) < 4.78 is 0. The molecule has 0 saturated heterocycles. The van der Waals surface area contributed by atoms with Gasteiger partial charge in [-0.1, -0.05) is 6.07 Å². The summed E-state index contributed by atoms with van der Waals surface area (Å²) in [4.78, 5) is 15.7. The van der Waals surface area contributed by atoms with Crippen molar-refractivity contribution in [3.05, 3.63) is 29.3 Å². The number of carbonyl (C=O) groups is 1. The first kappa shape index (κ1) is 15.4. The van der Waals surface area contributed by atoms with Gasteiger partial charge in [-0.2, -0.15) is 0 Å². The maximum absolute atomic E-state index is 11.7. The molecule has 0 bridgehead atoms. The number of hydrogen-bond donors (Lipinski definition) is 3. The highest BCUT2D eigenvalue weighted by atomic mass is 16.2. The van der Waals surface area contributed by atoms with Crippen LogP contribution in [0.4, 0.5) is 5.69 Å². The average Bonchev–Trinajstić information content (AvgIpc) is 2.81. The van der Waals surface area contributed by atoms with Crippen LogP contribution in [0.25, 0.3) is 0 Å². The highest BCUT2D eigenvalue weighted by molar-refractivity contribution is 5.94. The fraction of sp³-hybridized carbons (Fsp3) is 0.500. The lowest BCUT2D eigenvalue weighted by molar-refractivity contribution is -0.121. The number of nitrogens with one attached hydrogen (secondary N) is 2. The van der Waals surface area contributed by atoms with Crippen LogP contribution in [0.2, 0.25) is 0 Å². The molecule has 2 rings (SSSR count). The minimum absolute atomic E-state index is 0.0288. The van der Waals surface area contributed by atoms with E-state index in [0.29, 0.717) is 0 Å². The van der Waals surface area contributed by atoms with E-state index in [1.165, 1.54) is 17.5 Å². The Hall–Kier alpha value is -2.04. The summed E-state index contributed by atoms with van der Waals surface area (Å²) in [6.07, 6.45) is 3.50. The van der Waals surface area contributed by atoms with Crippen molar-refractivity contribution in [3.63, 3.8) is 0 Å². The largest absolute Gasteiger partial charge is 0.370 e. The van der Waals surface area contributed by atoms with Crippen LogP contribution in [0.3, 0.4) is 0 Å². The Morgan fingerprint density at radius 3 is 2.71 bits per heavy atom. The average molecular weight is 288 g/mol. The van der Waals surface area contributed by atoms with Crippen LogP contribution in [-0.4, -0.2) is 24.0 Å². The fourth-order valence-electron chi connectivity index (χ4n) is 2.45. The molecule has 5 nitrogen and oxygen atoms in total. The van der Waals surface area contributed by atoms with E-state index in [1.807, 2.05) is 26.8 Å². The van der Waals surface area contributed by atoms with Crippen LogP contribution in [0.5, 0.6) is 0 Å². The van der Waals surface area contributed by atoms with Gasteiger partial charge in [0.25, 0.3) is 0 Å². The molecule has 0 atom stereocenters. The number of aliphatic imine (C=N–C) groups is 1. The molecule has 1 amide bonds. The molecule has 0 aliphatic heterocycles. The normalized spacial score (nSPS) is 14.7. The molecule has 1 aliphatic rings. The first-order valence-corrected chi connectivity index (χ1v) is 7.33. The number of nitrogens with two attached hydrogens (primary N) is 1. The second kappa shape index (κ2) is 6.16. The second-order valence-electron chi connectivity index (χ2n) is 6.46. The van der Waals surface area contributed by atoms with E-state index in [4.69, 9.17) is 5.73 Å². The monoisotopic (exact) mass is 288 g/mol. The summed E-state index contributed by atoms with van der Waals surface area (Å²) in [5.74, 6) is 0.123. The number of amides is 1.